The third-order valence-electron chi connectivity index (χ3n) is 2.34. The molecule has 0 atom stereocenters. The molecule has 0 saturated carbocycles. The van der Waals surface area contributed by atoms with Crippen molar-refractivity contribution in [2.24, 2.45) is 0 Å². The van der Waals surface area contributed by atoms with Gasteiger partial charge in [0.1, 0.15) is 0 Å². The first-order valence-electron chi connectivity index (χ1n) is 5.24. The van der Waals surface area contributed by atoms with E-state index in [1.807, 2.05) is 12.1 Å². The van der Waals surface area contributed by atoms with E-state index in [0.29, 0.717) is 0 Å². The second-order valence-electron chi connectivity index (χ2n) is 3.57. The summed E-state index contributed by atoms with van der Waals surface area (Å²) < 4.78 is 0. The molecule has 2 aromatic rings. The predicted molar refractivity (Wildman–Crippen MR) is 63.4 cm³/mol. The average molecular weight is 263 g/mol. The van der Waals surface area contributed by atoms with Crippen LogP contribution in [-0.4, -0.2) is 0 Å². The first-order chi connectivity index (χ1) is 7.45. The molecular formula is C14H15NZn. The fourth-order valence-corrected chi connectivity index (χ4v) is 1.54. The summed E-state index contributed by atoms with van der Waals surface area (Å²) in [7, 11) is 0. The van der Waals surface area contributed by atoms with Gasteiger partial charge >= 0.3 is 0 Å². The molecule has 78 valence electrons. The maximum atomic E-state index is 3.42. The SMILES string of the molecule is [Zn].c1ccc(CNCc2ccccc2)cc1. The molecule has 0 aromatic heterocycles. The van der Waals surface area contributed by atoms with Crippen molar-refractivity contribution in [2.75, 3.05) is 0 Å². The number of benzene rings is 2. The zero-order chi connectivity index (χ0) is 10.3. The monoisotopic (exact) mass is 261 g/mol. The molecule has 0 aliphatic heterocycles. The van der Waals surface area contributed by atoms with E-state index in [2.05, 4.69) is 53.8 Å². The van der Waals surface area contributed by atoms with Gasteiger partial charge in [-0.3, -0.25) is 0 Å². The van der Waals surface area contributed by atoms with Crippen molar-refractivity contribution in [3.05, 3.63) is 71.8 Å². The Morgan fingerprint density at radius 2 is 1.00 bits per heavy atom. The second kappa shape index (κ2) is 7.32. The molecule has 0 aliphatic carbocycles. The minimum atomic E-state index is 0. The van der Waals surface area contributed by atoms with Crippen LogP contribution in [0.5, 0.6) is 0 Å². The average Bonchev–Trinajstić information content (AvgIpc) is 2.32. The van der Waals surface area contributed by atoms with E-state index in [4.69, 9.17) is 0 Å². The van der Waals surface area contributed by atoms with Gasteiger partial charge in [0.25, 0.3) is 0 Å². The predicted octanol–water partition coefficient (Wildman–Crippen LogP) is 2.97. The van der Waals surface area contributed by atoms with Crippen LogP contribution in [-0.2, 0) is 32.6 Å². The normalized spacial score (nSPS) is 9.50. The number of hydrogen-bond acceptors (Lipinski definition) is 1. The summed E-state index contributed by atoms with van der Waals surface area (Å²) in [5.74, 6) is 0. The smallest absolute Gasteiger partial charge is 0.0208 e. The van der Waals surface area contributed by atoms with E-state index in [1.165, 1.54) is 11.1 Å². The summed E-state index contributed by atoms with van der Waals surface area (Å²) in [6.45, 7) is 1.85. The van der Waals surface area contributed by atoms with Crippen LogP contribution in [0.2, 0.25) is 0 Å². The van der Waals surface area contributed by atoms with Crippen LogP contribution in [0, 0.1) is 0 Å². The van der Waals surface area contributed by atoms with Crippen LogP contribution >= 0.6 is 0 Å². The molecular weight excluding hydrogens is 248 g/mol. The standard InChI is InChI=1S/C14H15N.Zn/c1-3-7-13(8-4-1)11-15-12-14-9-5-2-6-10-14;/h1-10,15H,11-12H2;. The molecule has 0 bridgehead atoms. The summed E-state index contributed by atoms with van der Waals surface area (Å²) in [5.41, 5.74) is 2.65. The van der Waals surface area contributed by atoms with E-state index in [-0.39, 0.29) is 19.5 Å². The van der Waals surface area contributed by atoms with E-state index in [9.17, 15) is 0 Å². The van der Waals surface area contributed by atoms with Crippen LogP contribution in [0.4, 0.5) is 0 Å². The Morgan fingerprint density at radius 3 is 1.38 bits per heavy atom. The van der Waals surface area contributed by atoms with Crippen molar-refractivity contribution in [1.29, 1.82) is 0 Å². The van der Waals surface area contributed by atoms with Gasteiger partial charge in [-0.25, -0.2) is 0 Å². The minimum absolute atomic E-state index is 0. The largest absolute Gasteiger partial charge is 0.309 e. The molecule has 2 rings (SSSR count). The molecule has 2 heteroatoms. The Morgan fingerprint density at radius 1 is 0.625 bits per heavy atom. The third kappa shape index (κ3) is 4.26. The molecule has 0 spiro atoms. The quantitative estimate of drug-likeness (QED) is 0.836. The molecule has 2 aromatic carbocycles. The first-order valence-corrected chi connectivity index (χ1v) is 5.24. The van der Waals surface area contributed by atoms with Crippen molar-refractivity contribution in [1.82, 2.24) is 5.32 Å². The summed E-state index contributed by atoms with van der Waals surface area (Å²) >= 11 is 0. The van der Waals surface area contributed by atoms with Gasteiger partial charge in [-0.15, -0.1) is 0 Å². The fraction of sp³-hybridized carbons (Fsp3) is 0.143. The van der Waals surface area contributed by atoms with Crippen molar-refractivity contribution in [3.63, 3.8) is 0 Å². The number of hydrogen-bond donors (Lipinski definition) is 1. The van der Waals surface area contributed by atoms with Crippen molar-refractivity contribution in [3.8, 4) is 0 Å². The van der Waals surface area contributed by atoms with Gasteiger partial charge in [0.2, 0.25) is 0 Å². The van der Waals surface area contributed by atoms with Crippen LogP contribution in [0.25, 0.3) is 0 Å². The van der Waals surface area contributed by atoms with E-state index >= 15 is 0 Å². The van der Waals surface area contributed by atoms with Gasteiger partial charge in [0.05, 0.1) is 0 Å². The number of nitrogens with one attached hydrogen (secondary N) is 1. The molecule has 16 heavy (non-hydrogen) atoms. The molecule has 1 N–H and O–H groups in total. The zero-order valence-corrected chi connectivity index (χ0v) is 12.4. The van der Waals surface area contributed by atoms with Crippen molar-refractivity contribution < 1.29 is 19.5 Å². The molecule has 1 nitrogen and oxygen atoms in total. The topological polar surface area (TPSA) is 12.0 Å². The molecule has 0 radical (unpaired) electrons. The van der Waals surface area contributed by atoms with Gasteiger partial charge in [0.15, 0.2) is 0 Å². The second-order valence-corrected chi connectivity index (χ2v) is 3.57. The molecule has 0 unspecified atom stereocenters. The Kier molecular flexibility index (Phi) is 5.99. The van der Waals surface area contributed by atoms with Gasteiger partial charge in [-0.1, -0.05) is 60.7 Å². The van der Waals surface area contributed by atoms with E-state index in [1.54, 1.807) is 0 Å². The molecule has 0 heterocycles. The summed E-state index contributed by atoms with van der Waals surface area (Å²) in [4.78, 5) is 0. The Labute approximate surface area is 110 Å². The van der Waals surface area contributed by atoms with Crippen LogP contribution in [0.1, 0.15) is 11.1 Å². The summed E-state index contributed by atoms with van der Waals surface area (Å²) in [6, 6.07) is 20.9. The van der Waals surface area contributed by atoms with Gasteiger partial charge in [-0.05, 0) is 11.1 Å². The van der Waals surface area contributed by atoms with E-state index < -0.39 is 0 Å². The van der Waals surface area contributed by atoms with E-state index in [0.717, 1.165) is 13.1 Å². The van der Waals surface area contributed by atoms with Crippen LogP contribution in [0.3, 0.4) is 0 Å². The third-order valence-corrected chi connectivity index (χ3v) is 2.34. The van der Waals surface area contributed by atoms with Gasteiger partial charge < -0.3 is 5.32 Å². The Bertz CT molecular complexity index is 346. The molecule has 0 aliphatic rings. The maximum absolute atomic E-state index is 3.42. The van der Waals surface area contributed by atoms with Crippen molar-refractivity contribution >= 4 is 0 Å². The first kappa shape index (κ1) is 13.1. The zero-order valence-electron chi connectivity index (χ0n) is 9.39. The van der Waals surface area contributed by atoms with Crippen molar-refractivity contribution in [2.45, 2.75) is 13.1 Å². The Hall–Kier alpha value is -0.977. The summed E-state index contributed by atoms with van der Waals surface area (Å²) in [6.07, 6.45) is 0. The molecule has 0 amide bonds. The van der Waals surface area contributed by atoms with Crippen LogP contribution < -0.4 is 5.32 Å². The minimum Gasteiger partial charge on any atom is -0.309 e. The fourth-order valence-electron chi connectivity index (χ4n) is 1.54. The molecule has 0 saturated heterocycles. The Balaban J connectivity index is 0.00000128. The number of rotatable bonds is 4. The van der Waals surface area contributed by atoms with Crippen LogP contribution in [0.15, 0.2) is 60.7 Å². The van der Waals surface area contributed by atoms with Gasteiger partial charge in [0, 0.05) is 32.6 Å². The summed E-state index contributed by atoms with van der Waals surface area (Å²) in [5, 5.41) is 3.42. The molecule has 0 fully saturated rings. The maximum Gasteiger partial charge on any atom is 0.0208 e. The van der Waals surface area contributed by atoms with Gasteiger partial charge in [-0.2, -0.15) is 0 Å².